The molecule has 0 unspecified atom stereocenters. The number of carbonyl (C=O) groups excluding carboxylic acids is 1. The van der Waals surface area contributed by atoms with Gasteiger partial charge in [-0.15, -0.1) is 0 Å². The Morgan fingerprint density at radius 3 is 2.80 bits per heavy atom. The Morgan fingerprint density at radius 2 is 2.15 bits per heavy atom. The van der Waals surface area contributed by atoms with E-state index in [9.17, 15) is 4.79 Å². The highest BCUT2D eigenvalue weighted by atomic mass is 16.1. The summed E-state index contributed by atoms with van der Waals surface area (Å²) in [6, 6.07) is 9.88. The van der Waals surface area contributed by atoms with E-state index >= 15 is 0 Å². The maximum atomic E-state index is 11.4. The molecule has 0 aliphatic rings. The van der Waals surface area contributed by atoms with Crippen LogP contribution >= 0.6 is 0 Å². The molecule has 2 aromatic rings. The van der Waals surface area contributed by atoms with E-state index in [4.69, 9.17) is 5.73 Å². The van der Waals surface area contributed by atoms with Crippen LogP contribution in [0.25, 0.3) is 6.08 Å². The Labute approximate surface area is 117 Å². The number of hydrogen-bond acceptors (Lipinski definition) is 3. The Morgan fingerprint density at radius 1 is 1.40 bits per heavy atom. The quantitative estimate of drug-likeness (QED) is 0.846. The first kappa shape index (κ1) is 13.7. The zero-order valence-corrected chi connectivity index (χ0v) is 11.2. The van der Waals surface area contributed by atoms with E-state index < -0.39 is 5.91 Å². The summed E-state index contributed by atoms with van der Waals surface area (Å²) in [6.45, 7) is 2.47. The van der Waals surface area contributed by atoms with Gasteiger partial charge >= 0.3 is 0 Å². The second-order valence-corrected chi connectivity index (χ2v) is 4.11. The van der Waals surface area contributed by atoms with Gasteiger partial charge in [0.15, 0.2) is 5.69 Å². The van der Waals surface area contributed by atoms with Gasteiger partial charge < -0.3 is 5.73 Å². The summed E-state index contributed by atoms with van der Waals surface area (Å²) >= 11 is 0. The second-order valence-electron chi connectivity index (χ2n) is 4.11. The molecule has 1 aromatic heterocycles. The molecule has 1 amide bonds. The zero-order chi connectivity index (χ0) is 14.4. The van der Waals surface area contributed by atoms with Crippen molar-refractivity contribution in [1.82, 2.24) is 9.78 Å². The third kappa shape index (κ3) is 3.20. The molecule has 0 fully saturated rings. The van der Waals surface area contributed by atoms with Crippen molar-refractivity contribution in [2.75, 3.05) is 0 Å². The lowest BCUT2D eigenvalue weighted by Crippen LogP contribution is -2.17. The average molecular weight is 268 g/mol. The third-order valence-electron chi connectivity index (χ3n) is 2.74. The fourth-order valence-electron chi connectivity index (χ4n) is 1.80. The van der Waals surface area contributed by atoms with Crippen LogP contribution in [0.4, 0.5) is 5.69 Å². The highest BCUT2D eigenvalue weighted by Crippen LogP contribution is 2.17. The number of nitrogens with zero attached hydrogens (tertiary/aromatic N) is 3. The van der Waals surface area contributed by atoms with E-state index in [-0.39, 0.29) is 0 Å². The standard InChI is InChI=1S/C15H16N4O/c1-2-19-14(15(16)20)13(11-18-19)17-10-6-9-12-7-4-3-5-8-12/h3-11H,2H2,1H3,(H2,16,20)/b9-6+,17-10?. The van der Waals surface area contributed by atoms with E-state index in [1.54, 1.807) is 6.21 Å². The lowest BCUT2D eigenvalue weighted by molar-refractivity contribution is 0.0991. The van der Waals surface area contributed by atoms with Crippen molar-refractivity contribution in [2.45, 2.75) is 13.5 Å². The average Bonchev–Trinajstić information content (AvgIpc) is 2.88. The minimum Gasteiger partial charge on any atom is -0.364 e. The van der Waals surface area contributed by atoms with E-state index in [0.717, 1.165) is 5.56 Å². The number of primary amides is 1. The Balaban J connectivity index is 2.14. The number of aromatic nitrogens is 2. The highest BCUT2D eigenvalue weighted by Gasteiger charge is 2.13. The van der Waals surface area contributed by atoms with Crippen LogP contribution in [0, 0.1) is 0 Å². The first-order chi connectivity index (χ1) is 9.72. The molecule has 0 aliphatic carbocycles. The van der Waals surface area contributed by atoms with Crippen molar-refractivity contribution >= 4 is 23.9 Å². The lowest BCUT2D eigenvalue weighted by Gasteiger charge is -2.00. The summed E-state index contributed by atoms with van der Waals surface area (Å²) in [5, 5.41) is 4.07. The summed E-state index contributed by atoms with van der Waals surface area (Å²) in [5.41, 5.74) is 7.23. The third-order valence-corrected chi connectivity index (χ3v) is 2.74. The van der Waals surface area contributed by atoms with Crippen molar-refractivity contribution in [3.8, 4) is 0 Å². The number of nitrogens with two attached hydrogens (primary N) is 1. The zero-order valence-electron chi connectivity index (χ0n) is 11.2. The molecule has 0 spiro atoms. The van der Waals surface area contributed by atoms with Gasteiger partial charge in [0.05, 0.1) is 6.20 Å². The molecule has 2 N–H and O–H groups in total. The van der Waals surface area contributed by atoms with Crippen LogP contribution in [0.5, 0.6) is 0 Å². The predicted molar refractivity (Wildman–Crippen MR) is 80.0 cm³/mol. The van der Waals surface area contributed by atoms with Crippen molar-refractivity contribution in [2.24, 2.45) is 10.7 Å². The number of carbonyl (C=O) groups is 1. The van der Waals surface area contributed by atoms with Crippen LogP contribution in [-0.2, 0) is 6.54 Å². The number of hydrogen-bond donors (Lipinski definition) is 1. The van der Waals surface area contributed by atoms with Crippen LogP contribution in [0.1, 0.15) is 23.0 Å². The number of benzene rings is 1. The normalized spacial score (nSPS) is 11.4. The maximum Gasteiger partial charge on any atom is 0.269 e. The van der Waals surface area contributed by atoms with Gasteiger partial charge in [0.25, 0.3) is 5.91 Å². The minimum atomic E-state index is -0.525. The molecule has 5 heteroatoms. The van der Waals surface area contributed by atoms with Crippen molar-refractivity contribution in [3.05, 3.63) is 53.9 Å². The topological polar surface area (TPSA) is 73.3 Å². The summed E-state index contributed by atoms with van der Waals surface area (Å²) in [6.07, 6.45) is 6.90. The molecule has 0 saturated carbocycles. The predicted octanol–water partition coefficient (Wildman–Crippen LogP) is 2.42. The maximum absolute atomic E-state index is 11.4. The summed E-state index contributed by atoms with van der Waals surface area (Å²) in [4.78, 5) is 15.6. The van der Waals surface area contributed by atoms with Crippen molar-refractivity contribution in [3.63, 3.8) is 0 Å². The molecule has 102 valence electrons. The van der Waals surface area contributed by atoms with Gasteiger partial charge in [0.2, 0.25) is 0 Å². The molecule has 5 nitrogen and oxygen atoms in total. The van der Waals surface area contributed by atoms with Gasteiger partial charge in [-0.05, 0) is 18.6 Å². The van der Waals surface area contributed by atoms with Gasteiger partial charge in [-0.2, -0.15) is 5.10 Å². The number of allylic oxidation sites excluding steroid dienone is 1. The minimum absolute atomic E-state index is 0.330. The smallest absolute Gasteiger partial charge is 0.269 e. The number of amides is 1. The van der Waals surface area contributed by atoms with E-state index in [2.05, 4.69) is 10.1 Å². The van der Waals surface area contributed by atoms with Crippen LogP contribution < -0.4 is 5.73 Å². The van der Waals surface area contributed by atoms with Crippen LogP contribution in [-0.4, -0.2) is 21.9 Å². The molecule has 0 radical (unpaired) electrons. The Kier molecular flexibility index (Phi) is 4.44. The summed E-state index contributed by atoms with van der Waals surface area (Å²) in [7, 11) is 0. The lowest BCUT2D eigenvalue weighted by atomic mass is 10.2. The molecule has 20 heavy (non-hydrogen) atoms. The van der Waals surface area contributed by atoms with Gasteiger partial charge in [-0.25, -0.2) is 0 Å². The van der Waals surface area contributed by atoms with Gasteiger partial charge in [-0.1, -0.05) is 36.4 Å². The first-order valence-corrected chi connectivity index (χ1v) is 6.33. The van der Waals surface area contributed by atoms with Gasteiger partial charge in [0, 0.05) is 12.8 Å². The van der Waals surface area contributed by atoms with E-state index in [0.29, 0.717) is 17.9 Å². The largest absolute Gasteiger partial charge is 0.364 e. The van der Waals surface area contributed by atoms with Crippen LogP contribution in [0.3, 0.4) is 0 Å². The number of aliphatic imine (C=N–C) groups is 1. The number of aryl methyl sites for hydroxylation is 1. The fourth-order valence-corrected chi connectivity index (χ4v) is 1.80. The molecular weight excluding hydrogens is 252 g/mol. The van der Waals surface area contributed by atoms with E-state index in [1.165, 1.54) is 10.9 Å². The van der Waals surface area contributed by atoms with Crippen LogP contribution in [0.2, 0.25) is 0 Å². The van der Waals surface area contributed by atoms with Crippen LogP contribution in [0.15, 0.2) is 47.6 Å². The molecular formula is C15H16N4O. The number of rotatable bonds is 5. The molecule has 0 saturated heterocycles. The Hall–Kier alpha value is -2.69. The Bertz CT molecular complexity index is 641. The monoisotopic (exact) mass is 268 g/mol. The summed E-state index contributed by atoms with van der Waals surface area (Å²) in [5.74, 6) is -0.525. The van der Waals surface area contributed by atoms with E-state index in [1.807, 2.05) is 49.4 Å². The molecule has 2 rings (SSSR count). The molecule has 0 aliphatic heterocycles. The van der Waals surface area contributed by atoms with Gasteiger partial charge in [-0.3, -0.25) is 14.5 Å². The highest BCUT2D eigenvalue weighted by molar-refractivity contribution is 5.97. The molecule has 1 heterocycles. The fraction of sp³-hybridized carbons (Fsp3) is 0.133. The molecule has 0 bridgehead atoms. The SMILES string of the molecule is CCn1ncc(N=C/C=C/c2ccccc2)c1C(N)=O. The second kappa shape index (κ2) is 6.47. The molecule has 0 atom stereocenters. The first-order valence-electron chi connectivity index (χ1n) is 6.33. The van der Waals surface area contributed by atoms with Crippen molar-refractivity contribution in [1.29, 1.82) is 0 Å². The summed E-state index contributed by atoms with van der Waals surface area (Å²) < 4.78 is 1.54. The van der Waals surface area contributed by atoms with Gasteiger partial charge in [0.1, 0.15) is 5.69 Å². The van der Waals surface area contributed by atoms with Crippen molar-refractivity contribution < 1.29 is 4.79 Å². The molecule has 1 aromatic carbocycles.